The second-order valence-electron chi connectivity index (χ2n) is 3.14. The van der Waals surface area contributed by atoms with Crippen LogP contribution in [0.2, 0.25) is 0 Å². The lowest BCUT2D eigenvalue weighted by atomic mass is 10.3. The fourth-order valence-corrected chi connectivity index (χ4v) is 0.917. The first-order valence-electron chi connectivity index (χ1n) is 4.25. The highest BCUT2D eigenvalue weighted by atomic mass is 16.2. The molecule has 0 spiro atoms. The average molecular weight is 209 g/mol. The van der Waals surface area contributed by atoms with Crippen molar-refractivity contribution in [1.82, 2.24) is 15.3 Å². The molecule has 0 aliphatic heterocycles. The van der Waals surface area contributed by atoms with Crippen LogP contribution in [-0.2, 0) is 0 Å². The van der Waals surface area contributed by atoms with E-state index in [0.29, 0.717) is 6.54 Å². The lowest BCUT2D eigenvalue weighted by Crippen LogP contribution is -2.31. The molecule has 15 heavy (non-hydrogen) atoms. The minimum atomic E-state index is -0.706. The number of nitrogens with one attached hydrogen (secondary N) is 3. The maximum atomic E-state index is 11.4. The van der Waals surface area contributed by atoms with Crippen LogP contribution in [0.15, 0.2) is 27.8 Å². The van der Waals surface area contributed by atoms with Gasteiger partial charge in [0, 0.05) is 12.6 Å². The van der Waals surface area contributed by atoms with Crippen LogP contribution in [0.4, 0.5) is 0 Å². The van der Waals surface area contributed by atoms with Gasteiger partial charge in [-0.25, -0.2) is 4.79 Å². The van der Waals surface area contributed by atoms with Gasteiger partial charge in [0.25, 0.3) is 11.5 Å². The van der Waals surface area contributed by atoms with Crippen molar-refractivity contribution >= 4 is 5.91 Å². The van der Waals surface area contributed by atoms with Crippen molar-refractivity contribution in [2.75, 3.05) is 6.54 Å². The first-order valence-corrected chi connectivity index (χ1v) is 4.25. The zero-order valence-corrected chi connectivity index (χ0v) is 8.22. The van der Waals surface area contributed by atoms with E-state index >= 15 is 0 Å². The lowest BCUT2D eigenvalue weighted by molar-refractivity contribution is 0.0951. The van der Waals surface area contributed by atoms with E-state index < -0.39 is 17.2 Å². The molecule has 0 aliphatic rings. The minimum Gasteiger partial charge on any atom is -0.347 e. The van der Waals surface area contributed by atoms with Crippen molar-refractivity contribution in [2.24, 2.45) is 0 Å². The predicted octanol–water partition coefficient (Wildman–Crippen LogP) is -0.631. The Balaban J connectivity index is 2.87. The first kappa shape index (κ1) is 11.0. The zero-order valence-electron chi connectivity index (χ0n) is 8.22. The van der Waals surface area contributed by atoms with E-state index in [1.807, 2.05) is 4.98 Å². The summed E-state index contributed by atoms with van der Waals surface area (Å²) in [5.74, 6) is -0.513. The van der Waals surface area contributed by atoms with Gasteiger partial charge < -0.3 is 10.3 Å². The normalized spacial score (nSPS) is 9.67. The van der Waals surface area contributed by atoms with Gasteiger partial charge in [-0.05, 0) is 6.92 Å². The molecule has 0 aromatic carbocycles. The van der Waals surface area contributed by atoms with E-state index in [1.165, 1.54) is 0 Å². The molecule has 0 atom stereocenters. The number of rotatable bonds is 3. The van der Waals surface area contributed by atoms with Gasteiger partial charge in [0.15, 0.2) is 0 Å². The lowest BCUT2D eigenvalue weighted by Gasteiger charge is -2.03. The summed E-state index contributed by atoms with van der Waals surface area (Å²) in [6.07, 6.45) is 0. The van der Waals surface area contributed by atoms with Crippen LogP contribution in [0, 0.1) is 0 Å². The average Bonchev–Trinajstić information content (AvgIpc) is 2.12. The number of aromatic nitrogens is 2. The maximum Gasteiger partial charge on any atom is 0.326 e. The molecule has 0 saturated heterocycles. The Hall–Kier alpha value is -2.11. The van der Waals surface area contributed by atoms with E-state index in [-0.39, 0.29) is 5.69 Å². The number of hydrogen-bond donors (Lipinski definition) is 3. The van der Waals surface area contributed by atoms with Crippen molar-refractivity contribution in [2.45, 2.75) is 6.92 Å². The molecule has 0 fully saturated rings. The molecule has 80 valence electrons. The van der Waals surface area contributed by atoms with Crippen LogP contribution in [0.3, 0.4) is 0 Å². The molecule has 1 rings (SSSR count). The highest BCUT2D eigenvalue weighted by Gasteiger charge is 2.06. The molecule has 0 bridgehead atoms. The Morgan fingerprint density at radius 1 is 1.47 bits per heavy atom. The fourth-order valence-electron chi connectivity index (χ4n) is 0.917. The van der Waals surface area contributed by atoms with Crippen molar-refractivity contribution in [3.05, 3.63) is 44.8 Å². The van der Waals surface area contributed by atoms with Gasteiger partial charge in [0.05, 0.1) is 0 Å². The summed E-state index contributed by atoms with van der Waals surface area (Å²) in [5, 5.41) is 2.49. The Bertz CT molecular complexity index is 470. The Morgan fingerprint density at radius 2 is 2.13 bits per heavy atom. The molecule has 0 saturated carbocycles. The molecular weight excluding hydrogens is 198 g/mol. The summed E-state index contributed by atoms with van der Waals surface area (Å²) in [7, 11) is 0. The van der Waals surface area contributed by atoms with Gasteiger partial charge in [0.2, 0.25) is 0 Å². The summed E-state index contributed by atoms with van der Waals surface area (Å²) >= 11 is 0. The van der Waals surface area contributed by atoms with E-state index in [2.05, 4.69) is 16.9 Å². The van der Waals surface area contributed by atoms with E-state index in [9.17, 15) is 14.4 Å². The number of amides is 1. The Morgan fingerprint density at radius 3 is 2.67 bits per heavy atom. The number of H-pyrrole nitrogens is 2. The van der Waals surface area contributed by atoms with Crippen LogP contribution in [0.25, 0.3) is 0 Å². The number of carbonyl (C=O) groups is 1. The van der Waals surface area contributed by atoms with Crippen LogP contribution >= 0.6 is 0 Å². The van der Waals surface area contributed by atoms with Crippen molar-refractivity contribution in [3.8, 4) is 0 Å². The third-order valence-corrected chi connectivity index (χ3v) is 1.56. The topological polar surface area (TPSA) is 94.8 Å². The molecule has 1 amide bonds. The van der Waals surface area contributed by atoms with E-state index in [4.69, 9.17) is 0 Å². The quantitative estimate of drug-likeness (QED) is 0.578. The number of carbonyl (C=O) groups excluding carboxylic acids is 1. The van der Waals surface area contributed by atoms with Gasteiger partial charge in [0.1, 0.15) is 5.69 Å². The predicted molar refractivity (Wildman–Crippen MR) is 54.8 cm³/mol. The summed E-state index contributed by atoms with van der Waals surface area (Å²) in [5.41, 5.74) is -0.609. The van der Waals surface area contributed by atoms with Crippen LogP contribution in [-0.4, -0.2) is 22.4 Å². The highest BCUT2D eigenvalue weighted by molar-refractivity contribution is 5.92. The monoisotopic (exact) mass is 209 g/mol. The van der Waals surface area contributed by atoms with Gasteiger partial charge in [-0.3, -0.25) is 14.6 Å². The summed E-state index contributed by atoms with van der Waals surface area (Å²) in [4.78, 5) is 37.3. The van der Waals surface area contributed by atoms with Crippen molar-refractivity contribution in [1.29, 1.82) is 0 Å². The second kappa shape index (κ2) is 4.41. The third-order valence-electron chi connectivity index (χ3n) is 1.56. The van der Waals surface area contributed by atoms with Crippen molar-refractivity contribution in [3.63, 3.8) is 0 Å². The molecule has 1 aromatic heterocycles. The fraction of sp³-hybridized carbons (Fsp3) is 0.222. The van der Waals surface area contributed by atoms with Crippen LogP contribution in [0.1, 0.15) is 17.4 Å². The van der Waals surface area contributed by atoms with Crippen molar-refractivity contribution < 1.29 is 4.79 Å². The molecule has 0 unspecified atom stereocenters. The summed E-state index contributed by atoms with van der Waals surface area (Å²) in [6.45, 7) is 5.65. The molecule has 0 radical (unpaired) electrons. The molecule has 1 heterocycles. The van der Waals surface area contributed by atoms with Gasteiger partial charge in [-0.1, -0.05) is 12.2 Å². The van der Waals surface area contributed by atoms with E-state index in [1.54, 1.807) is 6.92 Å². The largest absolute Gasteiger partial charge is 0.347 e. The molecule has 1 aromatic rings. The maximum absolute atomic E-state index is 11.4. The molecule has 3 N–H and O–H groups in total. The van der Waals surface area contributed by atoms with Gasteiger partial charge in [-0.15, -0.1) is 0 Å². The van der Waals surface area contributed by atoms with E-state index in [0.717, 1.165) is 11.6 Å². The summed E-state index contributed by atoms with van der Waals surface area (Å²) < 4.78 is 0. The molecule has 6 nitrogen and oxygen atoms in total. The smallest absolute Gasteiger partial charge is 0.326 e. The third kappa shape index (κ3) is 3.26. The second-order valence-corrected chi connectivity index (χ2v) is 3.14. The highest BCUT2D eigenvalue weighted by Crippen LogP contribution is 1.87. The van der Waals surface area contributed by atoms with Gasteiger partial charge in [-0.2, -0.15) is 0 Å². The molecular formula is C9H11N3O3. The van der Waals surface area contributed by atoms with Crippen LogP contribution in [0.5, 0.6) is 0 Å². The summed E-state index contributed by atoms with van der Waals surface area (Å²) in [6, 6.07) is 1.02. The first-order chi connectivity index (χ1) is 6.99. The molecule has 6 heteroatoms. The Labute approximate surface area is 85.0 Å². The number of hydrogen-bond acceptors (Lipinski definition) is 3. The SMILES string of the molecule is C=C(C)CNC(=O)c1cc(=O)[nH]c(=O)[nH]1. The Kier molecular flexibility index (Phi) is 3.22. The van der Waals surface area contributed by atoms with Gasteiger partial charge >= 0.3 is 5.69 Å². The standard InChI is InChI=1S/C9H11N3O3/c1-5(2)4-10-8(14)6-3-7(13)12-9(15)11-6/h3H,1,4H2,2H3,(H,10,14)(H2,11,12,13,15). The van der Waals surface area contributed by atoms with Crippen LogP contribution < -0.4 is 16.6 Å². The number of aromatic amines is 2. The molecule has 0 aliphatic carbocycles. The minimum absolute atomic E-state index is 0.0648. The zero-order chi connectivity index (χ0) is 11.4.